The minimum absolute atomic E-state index is 0.217. The summed E-state index contributed by atoms with van der Waals surface area (Å²) in [4.78, 5) is 15.9. The molecule has 0 radical (unpaired) electrons. The first kappa shape index (κ1) is 12.3. The van der Waals surface area contributed by atoms with Gasteiger partial charge >= 0.3 is 6.03 Å². The molecule has 1 saturated carbocycles. The van der Waals surface area contributed by atoms with Crippen LogP contribution in [0.4, 0.5) is 4.79 Å². The highest BCUT2D eigenvalue weighted by atomic mass is 16.6. The van der Waals surface area contributed by atoms with E-state index in [9.17, 15) is 4.79 Å². The summed E-state index contributed by atoms with van der Waals surface area (Å²) in [5.41, 5.74) is 2.31. The van der Waals surface area contributed by atoms with E-state index in [1.807, 2.05) is 0 Å². The maximum atomic E-state index is 11.3. The Labute approximate surface area is 91.7 Å². The highest BCUT2D eigenvalue weighted by Gasteiger charge is 2.25. The van der Waals surface area contributed by atoms with E-state index >= 15 is 0 Å². The van der Waals surface area contributed by atoms with Gasteiger partial charge in [-0.1, -0.05) is 26.2 Å². The average molecular weight is 214 g/mol. The molecule has 0 aromatic rings. The Hall–Kier alpha value is -0.770. The number of amides is 2. The molecule has 0 spiro atoms. The van der Waals surface area contributed by atoms with Gasteiger partial charge in [-0.2, -0.15) is 0 Å². The second-order valence-electron chi connectivity index (χ2n) is 4.22. The van der Waals surface area contributed by atoms with Gasteiger partial charge in [0.25, 0.3) is 0 Å². The number of urea groups is 1. The predicted molar refractivity (Wildman–Crippen MR) is 59.3 cm³/mol. The molecular formula is C11H22N2O2. The molecule has 0 aliphatic heterocycles. The fraction of sp³-hybridized carbons (Fsp3) is 0.909. The van der Waals surface area contributed by atoms with Gasteiger partial charge in [-0.15, -0.1) is 0 Å². The molecule has 0 heterocycles. The summed E-state index contributed by atoms with van der Waals surface area (Å²) in [5, 5.41) is 2.98. The second-order valence-corrected chi connectivity index (χ2v) is 4.22. The number of hydroxylamine groups is 1. The van der Waals surface area contributed by atoms with Crippen LogP contribution in [0.5, 0.6) is 0 Å². The molecule has 1 aliphatic carbocycles. The number of rotatable bonds is 4. The van der Waals surface area contributed by atoms with Crippen molar-refractivity contribution in [1.82, 2.24) is 10.8 Å². The lowest BCUT2D eigenvalue weighted by atomic mass is 9.82. The van der Waals surface area contributed by atoms with Crippen LogP contribution in [-0.2, 0) is 4.84 Å². The first-order chi connectivity index (χ1) is 7.27. The van der Waals surface area contributed by atoms with E-state index in [1.165, 1.54) is 39.2 Å². The maximum Gasteiger partial charge on any atom is 0.338 e. The molecule has 1 fully saturated rings. The molecule has 2 atom stereocenters. The summed E-state index contributed by atoms with van der Waals surface area (Å²) in [7, 11) is 1.45. The van der Waals surface area contributed by atoms with Crippen LogP contribution in [0.1, 0.15) is 45.4 Å². The molecule has 1 rings (SSSR count). The highest BCUT2D eigenvalue weighted by molar-refractivity contribution is 5.73. The Morgan fingerprint density at radius 1 is 1.40 bits per heavy atom. The summed E-state index contributed by atoms with van der Waals surface area (Å²) < 4.78 is 0. The van der Waals surface area contributed by atoms with Crippen LogP contribution in [0.2, 0.25) is 0 Å². The van der Waals surface area contributed by atoms with Crippen LogP contribution in [0, 0.1) is 5.92 Å². The number of nitrogens with one attached hydrogen (secondary N) is 2. The van der Waals surface area contributed by atoms with Crippen LogP contribution in [0.3, 0.4) is 0 Å². The van der Waals surface area contributed by atoms with E-state index in [2.05, 4.69) is 22.6 Å². The number of hydrogen-bond acceptors (Lipinski definition) is 2. The quantitative estimate of drug-likeness (QED) is 0.705. The summed E-state index contributed by atoms with van der Waals surface area (Å²) in [6.45, 7) is 2.20. The molecule has 1 aliphatic rings. The Kier molecular flexibility index (Phi) is 5.47. The molecule has 15 heavy (non-hydrogen) atoms. The van der Waals surface area contributed by atoms with Gasteiger partial charge in [-0.05, 0) is 25.2 Å². The monoisotopic (exact) mass is 214 g/mol. The first-order valence-corrected chi connectivity index (χ1v) is 5.87. The topological polar surface area (TPSA) is 50.4 Å². The third-order valence-electron chi connectivity index (χ3n) is 3.08. The maximum absolute atomic E-state index is 11.3. The van der Waals surface area contributed by atoms with Crippen molar-refractivity contribution in [3.8, 4) is 0 Å². The largest absolute Gasteiger partial charge is 0.338 e. The Morgan fingerprint density at radius 3 is 2.80 bits per heavy atom. The molecule has 2 amide bonds. The van der Waals surface area contributed by atoms with Crippen molar-refractivity contribution in [3.63, 3.8) is 0 Å². The van der Waals surface area contributed by atoms with Gasteiger partial charge in [-0.25, -0.2) is 10.3 Å². The SMILES string of the molecule is CCC[C@@H]1CCCC[C@H]1NC(=O)NOC. The van der Waals surface area contributed by atoms with Gasteiger partial charge in [0, 0.05) is 6.04 Å². The average Bonchev–Trinajstić information content (AvgIpc) is 2.21. The number of hydrogen-bond donors (Lipinski definition) is 2. The van der Waals surface area contributed by atoms with Crippen LogP contribution < -0.4 is 10.8 Å². The smallest absolute Gasteiger partial charge is 0.333 e. The second kappa shape index (κ2) is 6.67. The van der Waals surface area contributed by atoms with Crippen molar-refractivity contribution in [1.29, 1.82) is 0 Å². The fourth-order valence-electron chi connectivity index (χ4n) is 2.40. The van der Waals surface area contributed by atoms with Gasteiger partial charge < -0.3 is 5.32 Å². The Bertz CT molecular complexity index is 195. The zero-order valence-corrected chi connectivity index (χ0v) is 9.71. The molecule has 0 aromatic heterocycles. The highest BCUT2D eigenvalue weighted by Crippen LogP contribution is 2.27. The van der Waals surface area contributed by atoms with Crippen molar-refractivity contribution in [2.75, 3.05) is 7.11 Å². The van der Waals surface area contributed by atoms with Crippen LogP contribution in [0.15, 0.2) is 0 Å². The Balaban J connectivity index is 2.38. The molecule has 2 N–H and O–H groups in total. The van der Waals surface area contributed by atoms with Crippen molar-refractivity contribution < 1.29 is 9.63 Å². The third kappa shape index (κ3) is 4.08. The zero-order valence-electron chi connectivity index (χ0n) is 9.71. The molecule has 0 aromatic carbocycles. The van der Waals surface area contributed by atoms with Crippen molar-refractivity contribution in [3.05, 3.63) is 0 Å². The summed E-state index contributed by atoms with van der Waals surface area (Å²) >= 11 is 0. The molecule has 0 unspecified atom stereocenters. The van der Waals surface area contributed by atoms with Gasteiger partial charge in [-0.3, -0.25) is 4.84 Å². The van der Waals surface area contributed by atoms with E-state index in [0.29, 0.717) is 12.0 Å². The van der Waals surface area contributed by atoms with Crippen LogP contribution in [0.25, 0.3) is 0 Å². The molecule has 88 valence electrons. The van der Waals surface area contributed by atoms with Crippen molar-refractivity contribution >= 4 is 6.03 Å². The van der Waals surface area contributed by atoms with Gasteiger partial charge in [0.1, 0.15) is 0 Å². The lowest BCUT2D eigenvalue weighted by Gasteiger charge is -2.31. The summed E-state index contributed by atoms with van der Waals surface area (Å²) in [6.07, 6.45) is 7.26. The fourth-order valence-corrected chi connectivity index (χ4v) is 2.40. The lowest BCUT2D eigenvalue weighted by molar-refractivity contribution is 0.102. The van der Waals surface area contributed by atoms with E-state index in [0.717, 1.165) is 6.42 Å². The molecule has 4 nitrogen and oxygen atoms in total. The van der Waals surface area contributed by atoms with Crippen LogP contribution in [-0.4, -0.2) is 19.2 Å². The summed E-state index contributed by atoms with van der Waals surface area (Å²) in [6, 6.07) is 0.111. The van der Waals surface area contributed by atoms with Gasteiger partial charge in [0.15, 0.2) is 0 Å². The first-order valence-electron chi connectivity index (χ1n) is 5.87. The van der Waals surface area contributed by atoms with E-state index in [4.69, 9.17) is 0 Å². The van der Waals surface area contributed by atoms with Crippen molar-refractivity contribution in [2.24, 2.45) is 5.92 Å². The van der Waals surface area contributed by atoms with Gasteiger partial charge in [0.2, 0.25) is 0 Å². The molecular weight excluding hydrogens is 192 g/mol. The predicted octanol–water partition coefficient (Wildman–Crippen LogP) is 2.21. The normalized spacial score (nSPS) is 26.0. The minimum atomic E-state index is -0.217. The van der Waals surface area contributed by atoms with E-state index < -0.39 is 0 Å². The minimum Gasteiger partial charge on any atom is -0.333 e. The standard InChI is InChI=1S/C11H22N2O2/c1-3-6-9-7-4-5-8-10(9)12-11(14)13-15-2/h9-10H,3-8H2,1-2H3,(H2,12,13,14)/t9-,10-/m1/s1. The molecule has 0 saturated heterocycles. The number of carbonyl (C=O) groups is 1. The summed E-state index contributed by atoms with van der Waals surface area (Å²) in [5.74, 6) is 0.645. The van der Waals surface area contributed by atoms with Gasteiger partial charge in [0.05, 0.1) is 7.11 Å². The number of carbonyl (C=O) groups excluding carboxylic acids is 1. The van der Waals surface area contributed by atoms with E-state index in [-0.39, 0.29) is 6.03 Å². The van der Waals surface area contributed by atoms with Crippen molar-refractivity contribution in [2.45, 2.75) is 51.5 Å². The lowest BCUT2D eigenvalue weighted by Crippen LogP contribution is -2.46. The third-order valence-corrected chi connectivity index (χ3v) is 3.08. The Morgan fingerprint density at radius 2 is 2.13 bits per heavy atom. The molecule has 0 bridgehead atoms. The molecule has 4 heteroatoms. The zero-order chi connectivity index (χ0) is 11.1. The van der Waals surface area contributed by atoms with E-state index in [1.54, 1.807) is 0 Å². The van der Waals surface area contributed by atoms with Crippen LogP contribution >= 0.6 is 0 Å².